The van der Waals surface area contributed by atoms with Crippen LogP contribution in [0.4, 0.5) is 0 Å². The second-order valence-corrected chi connectivity index (χ2v) is 11.4. The molecule has 2 unspecified atom stereocenters. The molecular formula is C29H34Cl2Zr. The van der Waals surface area contributed by atoms with Crippen LogP contribution in [0.5, 0.6) is 0 Å². The predicted molar refractivity (Wildman–Crippen MR) is 125 cm³/mol. The van der Waals surface area contributed by atoms with Crippen molar-refractivity contribution in [1.29, 1.82) is 0 Å². The Bertz CT molecular complexity index is 986. The van der Waals surface area contributed by atoms with Gasteiger partial charge in [-0.25, -0.2) is 0 Å². The van der Waals surface area contributed by atoms with Crippen molar-refractivity contribution in [2.75, 3.05) is 0 Å². The van der Waals surface area contributed by atoms with Gasteiger partial charge in [0.25, 0.3) is 0 Å². The fourth-order valence-electron chi connectivity index (χ4n) is 5.78. The zero-order valence-electron chi connectivity index (χ0n) is 20.1. The molecule has 168 valence electrons. The molecule has 2 atom stereocenters. The maximum Gasteiger partial charge on any atom is 2.00 e. The summed E-state index contributed by atoms with van der Waals surface area (Å²) in [5.41, 5.74) is 11.0. The molecule has 3 heteroatoms. The van der Waals surface area contributed by atoms with Gasteiger partial charge >= 0.3 is 26.2 Å². The van der Waals surface area contributed by atoms with Gasteiger partial charge in [-0.2, -0.15) is 0 Å². The largest absolute Gasteiger partial charge is 2.00 e. The van der Waals surface area contributed by atoms with Crippen molar-refractivity contribution < 1.29 is 51.0 Å². The van der Waals surface area contributed by atoms with E-state index in [1.165, 1.54) is 35.1 Å². The van der Waals surface area contributed by atoms with E-state index < -0.39 is 0 Å². The molecule has 0 amide bonds. The molecule has 0 spiro atoms. The molecule has 2 aromatic rings. The standard InChI is InChI=1S/C29H34.2ClH.Zr/c1-28(2,3)19-11-14-22-23-15-12-20(29(4,5)6)17-26(23)27(25(22)16-19)24-13-10-18-8-7-9-21(18)24;;;/h7-9,11-12,14-17,21,24,27H,10,13H2,1-6H3;2*1H;/q;;;+2/p-2. The summed E-state index contributed by atoms with van der Waals surface area (Å²) >= 11 is 0. The molecule has 0 bridgehead atoms. The van der Waals surface area contributed by atoms with E-state index in [1.54, 1.807) is 16.7 Å². The first-order chi connectivity index (χ1) is 13.6. The van der Waals surface area contributed by atoms with Crippen LogP contribution in [0.1, 0.15) is 82.6 Å². The van der Waals surface area contributed by atoms with E-state index in [-0.39, 0.29) is 61.8 Å². The zero-order valence-corrected chi connectivity index (χ0v) is 24.1. The Hall–Kier alpha value is -0.617. The maximum absolute atomic E-state index is 2.54. The van der Waals surface area contributed by atoms with Gasteiger partial charge in [0, 0.05) is 11.8 Å². The van der Waals surface area contributed by atoms with Crippen LogP contribution in [0, 0.1) is 11.8 Å². The number of rotatable bonds is 1. The molecule has 1 fully saturated rings. The minimum absolute atomic E-state index is 0. The van der Waals surface area contributed by atoms with E-state index in [2.05, 4.69) is 96.2 Å². The number of fused-ring (bicyclic) bond motifs is 4. The summed E-state index contributed by atoms with van der Waals surface area (Å²) in [4.78, 5) is 0. The molecule has 0 aliphatic heterocycles. The van der Waals surface area contributed by atoms with Crippen molar-refractivity contribution in [2.45, 2.75) is 71.1 Å². The third-order valence-corrected chi connectivity index (χ3v) is 7.51. The quantitative estimate of drug-likeness (QED) is 0.515. The van der Waals surface area contributed by atoms with E-state index in [9.17, 15) is 0 Å². The van der Waals surface area contributed by atoms with Crippen molar-refractivity contribution in [1.82, 2.24) is 0 Å². The van der Waals surface area contributed by atoms with E-state index in [0.29, 0.717) is 17.8 Å². The third kappa shape index (κ3) is 4.52. The van der Waals surface area contributed by atoms with Gasteiger partial charge in [0.05, 0.1) is 0 Å². The number of hydrogen-bond acceptors (Lipinski definition) is 0. The molecule has 5 rings (SSSR count). The van der Waals surface area contributed by atoms with Crippen LogP contribution in [0.3, 0.4) is 0 Å². The molecule has 1 saturated carbocycles. The fourth-order valence-corrected chi connectivity index (χ4v) is 5.78. The van der Waals surface area contributed by atoms with Gasteiger partial charge in [-0.1, -0.05) is 102 Å². The molecule has 2 aromatic carbocycles. The molecule has 3 aliphatic rings. The van der Waals surface area contributed by atoms with Crippen LogP contribution in [-0.2, 0) is 37.0 Å². The minimum atomic E-state index is 0. The topological polar surface area (TPSA) is 0 Å². The van der Waals surface area contributed by atoms with Gasteiger partial charge in [0.2, 0.25) is 0 Å². The van der Waals surface area contributed by atoms with Crippen LogP contribution >= 0.6 is 0 Å². The summed E-state index contributed by atoms with van der Waals surface area (Å²) in [6.45, 7) is 14.0. The molecule has 3 aliphatic carbocycles. The van der Waals surface area contributed by atoms with Gasteiger partial charge in [-0.3, -0.25) is 0 Å². The van der Waals surface area contributed by atoms with Crippen LogP contribution in [0.15, 0.2) is 60.2 Å². The monoisotopic (exact) mass is 542 g/mol. The first-order valence-corrected chi connectivity index (χ1v) is 11.3. The van der Waals surface area contributed by atoms with Gasteiger partial charge < -0.3 is 24.8 Å². The Kier molecular flexibility index (Phi) is 8.25. The molecule has 0 radical (unpaired) electrons. The van der Waals surface area contributed by atoms with Crippen LogP contribution in [0.2, 0.25) is 0 Å². The molecular weight excluding hydrogens is 510 g/mol. The first-order valence-electron chi connectivity index (χ1n) is 11.3. The summed E-state index contributed by atoms with van der Waals surface area (Å²) in [6, 6.07) is 14.6. The first kappa shape index (κ1) is 27.6. The summed E-state index contributed by atoms with van der Waals surface area (Å²) in [7, 11) is 0. The second kappa shape index (κ2) is 9.56. The Balaban J connectivity index is 0.00000121. The molecule has 0 aromatic heterocycles. The molecule has 0 N–H and O–H groups in total. The van der Waals surface area contributed by atoms with Crippen LogP contribution < -0.4 is 24.8 Å². The Morgan fingerprint density at radius 1 is 0.750 bits per heavy atom. The smallest absolute Gasteiger partial charge is 1.00 e. The number of halogens is 2. The normalized spacial score (nSPS) is 21.0. The van der Waals surface area contributed by atoms with Crippen LogP contribution in [0.25, 0.3) is 11.1 Å². The van der Waals surface area contributed by atoms with Crippen LogP contribution in [-0.4, -0.2) is 0 Å². The van der Waals surface area contributed by atoms with Crippen molar-refractivity contribution in [2.24, 2.45) is 11.8 Å². The van der Waals surface area contributed by atoms with E-state index >= 15 is 0 Å². The predicted octanol–water partition coefficient (Wildman–Crippen LogP) is 1.92. The second-order valence-electron chi connectivity index (χ2n) is 11.4. The van der Waals surface area contributed by atoms with Gasteiger partial charge in [-0.05, 0) is 63.0 Å². The Morgan fingerprint density at radius 2 is 1.25 bits per heavy atom. The summed E-state index contributed by atoms with van der Waals surface area (Å²) < 4.78 is 0. The summed E-state index contributed by atoms with van der Waals surface area (Å²) in [5, 5.41) is 0. The zero-order chi connectivity index (χ0) is 20.6. The molecule has 0 heterocycles. The molecule has 32 heavy (non-hydrogen) atoms. The Morgan fingerprint density at radius 3 is 1.72 bits per heavy atom. The number of allylic oxidation sites excluding steroid dienone is 4. The summed E-state index contributed by atoms with van der Waals surface area (Å²) in [6.07, 6.45) is 9.70. The van der Waals surface area contributed by atoms with Crippen molar-refractivity contribution in [3.8, 4) is 11.1 Å². The molecule has 0 nitrogen and oxygen atoms in total. The Labute approximate surface area is 226 Å². The fraction of sp³-hybridized carbons (Fsp3) is 0.448. The SMILES string of the molecule is CC(C)(C)c1ccc2c(c1)C(C1CCC3=CC=CC31)c1cc(C(C)(C)C)ccc1-2.[Cl-].[Cl-].[Zr+2]. The van der Waals surface area contributed by atoms with Gasteiger partial charge in [0.1, 0.15) is 0 Å². The van der Waals surface area contributed by atoms with E-state index in [4.69, 9.17) is 0 Å². The maximum atomic E-state index is 2.54. The summed E-state index contributed by atoms with van der Waals surface area (Å²) in [5.74, 6) is 1.84. The van der Waals surface area contributed by atoms with Crippen molar-refractivity contribution >= 4 is 0 Å². The van der Waals surface area contributed by atoms with Crippen molar-refractivity contribution in [3.63, 3.8) is 0 Å². The molecule has 0 saturated heterocycles. The average molecular weight is 545 g/mol. The van der Waals surface area contributed by atoms with E-state index in [0.717, 1.165) is 0 Å². The number of benzene rings is 2. The van der Waals surface area contributed by atoms with Gasteiger partial charge in [0.15, 0.2) is 0 Å². The van der Waals surface area contributed by atoms with Crippen molar-refractivity contribution in [3.05, 3.63) is 82.5 Å². The van der Waals surface area contributed by atoms with Gasteiger partial charge in [-0.15, -0.1) is 0 Å². The third-order valence-electron chi connectivity index (χ3n) is 7.51. The minimum Gasteiger partial charge on any atom is -1.00 e. The average Bonchev–Trinajstić information content (AvgIpc) is 3.32. The number of hydrogen-bond donors (Lipinski definition) is 0. The van der Waals surface area contributed by atoms with E-state index in [1.807, 2.05) is 0 Å².